The molecule has 0 aliphatic carbocycles. The average Bonchev–Trinajstić information content (AvgIpc) is 2.72. The Kier molecular flexibility index (Phi) is 4.08. The highest BCUT2D eigenvalue weighted by Crippen LogP contribution is 2.20. The van der Waals surface area contributed by atoms with Crippen molar-refractivity contribution in [2.45, 2.75) is 33.2 Å². The molecule has 0 saturated heterocycles. The van der Waals surface area contributed by atoms with E-state index in [2.05, 4.69) is 17.2 Å². The topological polar surface area (TPSA) is 76.4 Å². The van der Waals surface area contributed by atoms with Crippen LogP contribution in [0.3, 0.4) is 0 Å². The van der Waals surface area contributed by atoms with Gasteiger partial charge in [0.1, 0.15) is 5.84 Å². The SMILES string of the molecule is Cc1nn(CC(C(N)=NO)c2ccccc2)c(C)c1C. The standard InChI is InChI=1S/C15H20N4O/c1-10-11(2)17-19(12(10)3)9-14(15(16)18-20)13-7-5-4-6-8-13/h4-8,14,20H,9H2,1-3H3,(H2,16,18). The molecule has 2 aromatic rings. The van der Waals surface area contributed by atoms with Crippen LogP contribution >= 0.6 is 0 Å². The number of benzene rings is 1. The predicted molar refractivity (Wildman–Crippen MR) is 79.0 cm³/mol. The molecule has 0 radical (unpaired) electrons. The second-order valence-corrected chi connectivity index (χ2v) is 4.97. The van der Waals surface area contributed by atoms with Gasteiger partial charge in [-0.1, -0.05) is 35.5 Å². The first kappa shape index (κ1) is 14.1. The van der Waals surface area contributed by atoms with Crippen molar-refractivity contribution in [3.8, 4) is 0 Å². The number of hydrogen-bond acceptors (Lipinski definition) is 3. The fraction of sp³-hybridized carbons (Fsp3) is 0.333. The summed E-state index contributed by atoms with van der Waals surface area (Å²) >= 11 is 0. The van der Waals surface area contributed by atoms with Gasteiger partial charge in [0.25, 0.3) is 0 Å². The maximum absolute atomic E-state index is 9.01. The first-order chi connectivity index (χ1) is 9.54. The monoisotopic (exact) mass is 272 g/mol. The molecule has 0 aliphatic heterocycles. The number of aromatic nitrogens is 2. The molecule has 1 heterocycles. The number of aryl methyl sites for hydroxylation is 1. The quantitative estimate of drug-likeness (QED) is 0.388. The van der Waals surface area contributed by atoms with Gasteiger partial charge < -0.3 is 10.9 Å². The van der Waals surface area contributed by atoms with E-state index in [-0.39, 0.29) is 11.8 Å². The summed E-state index contributed by atoms with van der Waals surface area (Å²) in [5.41, 5.74) is 10.1. The van der Waals surface area contributed by atoms with E-state index in [1.54, 1.807) is 0 Å². The number of nitrogens with two attached hydrogens (primary N) is 1. The maximum atomic E-state index is 9.01. The summed E-state index contributed by atoms with van der Waals surface area (Å²) in [6.07, 6.45) is 0. The van der Waals surface area contributed by atoms with Gasteiger partial charge in [0.15, 0.2) is 0 Å². The summed E-state index contributed by atoms with van der Waals surface area (Å²) in [5.74, 6) is 0.00000567. The molecule has 1 unspecified atom stereocenters. The lowest BCUT2D eigenvalue weighted by molar-refractivity contribution is 0.315. The zero-order chi connectivity index (χ0) is 14.7. The smallest absolute Gasteiger partial charge is 0.148 e. The van der Waals surface area contributed by atoms with Crippen LogP contribution in [0.5, 0.6) is 0 Å². The largest absolute Gasteiger partial charge is 0.409 e. The van der Waals surface area contributed by atoms with E-state index in [1.807, 2.05) is 48.9 Å². The van der Waals surface area contributed by atoms with Crippen molar-refractivity contribution in [1.82, 2.24) is 9.78 Å². The van der Waals surface area contributed by atoms with Gasteiger partial charge in [-0.25, -0.2) is 0 Å². The zero-order valence-electron chi connectivity index (χ0n) is 12.0. The third-order valence-corrected chi connectivity index (χ3v) is 3.77. The summed E-state index contributed by atoms with van der Waals surface area (Å²) in [6.45, 7) is 6.62. The highest BCUT2D eigenvalue weighted by molar-refractivity contribution is 5.86. The molecule has 0 saturated carbocycles. The lowest BCUT2D eigenvalue weighted by atomic mass is 9.98. The highest BCUT2D eigenvalue weighted by Gasteiger charge is 2.19. The molecule has 1 aromatic carbocycles. The van der Waals surface area contributed by atoms with E-state index >= 15 is 0 Å². The van der Waals surface area contributed by atoms with E-state index in [0.717, 1.165) is 17.0 Å². The van der Waals surface area contributed by atoms with Gasteiger partial charge in [-0.15, -0.1) is 0 Å². The van der Waals surface area contributed by atoms with Crippen LogP contribution < -0.4 is 5.73 Å². The molecule has 1 aromatic heterocycles. The van der Waals surface area contributed by atoms with Crippen molar-refractivity contribution in [2.75, 3.05) is 0 Å². The Labute approximate surface area is 118 Å². The average molecular weight is 272 g/mol. The summed E-state index contributed by atoms with van der Waals surface area (Å²) in [6, 6.07) is 9.78. The van der Waals surface area contributed by atoms with Crippen LogP contribution in [0.1, 0.15) is 28.4 Å². The van der Waals surface area contributed by atoms with Gasteiger partial charge in [0.05, 0.1) is 18.2 Å². The van der Waals surface area contributed by atoms with Gasteiger partial charge in [0.2, 0.25) is 0 Å². The summed E-state index contributed by atoms with van der Waals surface area (Å²) < 4.78 is 1.92. The van der Waals surface area contributed by atoms with E-state index in [0.29, 0.717) is 6.54 Å². The molecule has 3 N–H and O–H groups in total. The van der Waals surface area contributed by atoms with Crippen molar-refractivity contribution in [2.24, 2.45) is 10.9 Å². The van der Waals surface area contributed by atoms with E-state index < -0.39 is 0 Å². The number of oxime groups is 1. The van der Waals surface area contributed by atoms with Gasteiger partial charge >= 0.3 is 0 Å². The van der Waals surface area contributed by atoms with Crippen molar-refractivity contribution < 1.29 is 5.21 Å². The first-order valence-electron chi connectivity index (χ1n) is 6.57. The Balaban J connectivity index is 2.36. The molecule has 2 rings (SSSR count). The highest BCUT2D eigenvalue weighted by atomic mass is 16.4. The number of rotatable bonds is 4. The van der Waals surface area contributed by atoms with E-state index in [9.17, 15) is 0 Å². The predicted octanol–water partition coefficient (Wildman–Crippen LogP) is 2.34. The van der Waals surface area contributed by atoms with Crippen molar-refractivity contribution in [1.29, 1.82) is 0 Å². The van der Waals surface area contributed by atoms with E-state index in [4.69, 9.17) is 10.9 Å². The Hall–Kier alpha value is -2.30. The number of amidine groups is 1. The lowest BCUT2D eigenvalue weighted by Crippen LogP contribution is -2.26. The Morgan fingerprint density at radius 3 is 2.45 bits per heavy atom. The minimum Gasteiger partial charge on any atom is -0.409 e. The second-order valence-electron chi connectivity index (χ2n) is 4.97. The minimum atomic E-state index is -0.196. The Bertz CT molecular complexity index is 616. The van der Waals surface area contributed by atoms with Gasteiger partial charge in [0, 0.05) is 5.69 Å². The molecule has 106 valence electrons. The fourth-order valence-corrected chi connectivity index (χ4v) is 2.26. The maximum Gasteiger partial charge on any atom is 0.148 e. The van der Waals surface area contributed by atoms with E-state index in [1.165, 1.54) is 5.56 Å². The summed E-state index contributed by atoms with van der Waals surface area (Å²) in [7, 11) is 0. The van der Waals surface area contributed by atoms with Gasteiger partial charge in [-0.2, -0.15) is 5.10 Å². The van der Waals surface area contributed by atoms with Crippen molar-refractivity contribution in [3.63, 3.8) is 0 Å². The van der Waals surface area contributed by atoms with Gasteiger partial charge in [-0.3, -0.25) is 4.68 Å². The van der Waals surface area contributed by atoms with Crippen LogP contribution in [0.25, 0.3) is 0 Å². The molecule has 0 fully saturated rings. The normalized spacial score (nSPS) is 13.4. The Morgan fingerprint density at radius 2 is 1.95 bits per heavy atom. The second kappa shape index (κ2) is 5.77. The Morgan fingerprint density at radius 1 is 1.30 bits per heavy atom. The fourth-order valence-electron chi connectivity index (χ4n) is 2.26. The lowest BCUT2D eigenvalue weighted by Gasteiger charge is -2.17. The van der Waals surface area contributed by atoms with Crippen LogP contribution in [0.4, 0.5) is 0 Å². The molecule has 5 heteroatoms. The summed E-state index contributed by atoms with van der Waals surface area (Å²) in [5, 5.41) is 16.7. The molecule has 1 atom stereocenters. The molecule has 20 heavy (non-hydrogen) atoms. The van der Waals surface area contributed by atoms with Crippen molar-refractivity contribution >= 4 is 5.84 Å². The molecule has 0 spiro atoms. The minimum absolute atomic E-state index is 0.196. The summed E-state index contributed by atoms with van der Waals surface area (Å²) in [4.78, 5) is 0. The van der Waals surface area contributed by atoms with Crippen LogP contribution in [-0.2, 0) is 6.54 Å². The molecular weight excluding hydrogens is 252 g/mol. The molecular formula is C15H20N4O. The molecule has 0 aliphatic rings. The van der Waals surface area contributed by atoms with Crippen molar-refractivity contribution in [3.05, 3.63) is 52.8 Å². The van der Waals surface area contributed by atoms with Crippen LogP contribution in [0.15, 0.2) is 35.5 Å². The third-order valence-electron chi connectivity index (χ3n) is 3.77. The van der Waals surface area contributed by atoms with Crippen LogP contribution in [0, 0.1) is 20.8 Å². The molecule has 0 bridgehead atoms. The zero-order valence-corrected chi connectivity index (χ0v) is 12.0. The van der Waals surface area contributed by atoms with Gasteiger partial charge in [-0.05, 0) is 31.9 Å². The molecule has 5 nitrogen and oxygen atoms in total. The molecule has 0 amide bonds. The number of nitrogens with zero attached hydrogens (tertiary/aromatic N) is 3. The third kappa shape index (κ3) is 2.66. The van der Waals surface area contributed by atoms with Crippen LogP contribution in [0.2, 0.25) is 0 Å². The number of hydrogen-bond donors (Lipinski definition) is 2. The van der Waals surface area contributed by atoms with Crippen LogP contribution in [-0.4, -0.2) is 20.8 Å². The first-order valence-corrected chi connectivity index (χ1v) is 6.57.